The van der Waals surface area contributed by atoms with Gasteiger partial charge in [-0.25, -0.2) is 8.78 Å². The molecular formula is C12H24F2N2. The van der Waals surface area contributed by atoms with Crippen LogP contribution in [0, 0.1) is 5.92 Å². The average molecular weight is 234 g/mol. The Morgan fingerprint density at radius 1 is 1.31 bits per heavy atom. The first-order valence-corrected chi connectivity index (χ1v) is 6.10. The van der Waals surface area contributed by atoms with E-state index in [1.165, 1.54) is 0 Å². The number of rotatable bonds is 3. The van der Waals surface area contributed by atoms with Crippen molar-refractivity contribution in [3.8, 4) is 0 Å². The lowest BCUT2D eigenvalue weighted by molar-refractivity contribution is -0.0959. The quantitative estimate of drug-likeness (QED) is 0.813. The van der Waals surface area contributed by atoms with Crippen molar-refractivity contribution in [2.75, 3.05) is 19.6 Å². The van der Waals surface area contributed by atoms with E-state index in [9.17, 15) is 8.78 Å². The van der Waals surface area contributed by atoms with Crippen LogP contribution < -0.4 is 5.73 Å². The number of hydrogen-bond donors (Lipinski definition) is 1. The zero-order valence-corrected chi connectivity index (χ0v) is 10.6. The van der Waals surface area contributed by atoms with Crippen molar-refractivity contribution in [3.63, 3.8) is 0 Å². The molecule has 0 aromatic carbocycles. The molecule has 1 atom stereocenters. The van der Waals surface area contributed by atoms with Crippen LogP contribution in [0.5, 0.6) is 0 Å². The SMILES string of the molecule is CC(C)(C)N1CCCC(C(F)(F)CCN)C1. The first-order chi connectivity index (χ1) is 7.27. The Hall–Kier alpha value is -0.220. The normalized spacial score (nSPS) is 24.8. The number of nitrogens with two attached hydrogens (primary N) is 1. The monoisotopic (exact) mass is 234 g/mol. The number of alkyl halides is 2. The van der Waals surface area contributed by atoms with Gasteiger partial charge in [0.2, 0.25) is 0 Å². The summed E-state index contributed by atoms with van der Waals surface area (Å²) in [4.78, 5) is 2.16. The highest BCUT2D eigenvalue weighted by molar-refractivity contribution is 4.88. The van der Waals surface area contributed by atoms with Crippen molar-refractivity contribution in [3.05, 3.63) is 0 Å². The molecule has 1 fully saturated rings. The summed E-state index contributed by atoms with van der Waals surface area (Å²) in [5.74, 6) is -3.12. The van der Waals surface area contributed by atoms with E-state index < -0.39 is 11.8 Å². The summed E-state index contributed by atoms with van der Waals surface area (Å²) < 4.78 is 27.5. The number of piperidine rings is 1. The van der Waals surface area contributed by atoms with Crippen LogP contribution in [0.3, 0.4) is 0 Å². The van der Waals surface area contributed by atoms with Crippen LogP contribution in [0.15, 0.2) is 0 Å². The van der Waals surface area contributed by atoms with Gasteiger partial charge in [0.15, 0.2) is 0 Å². The standard InChI is InChI=1S/C12H24F2N2/c1-11(2,3)16-8-4-5-10(9-16)12(13,14)6-7-15/h10H,4-9,15H2,1-3H3. The number of halogens is 2. The van der Waals surface area contributed by atoms with Gasteiger partial charge < -0.3 is 5.73 Å². The highest BCUT2D eigenvalue weighted by Crippen LogP contribution is 2.36. The van der Waals surface area contributed by atoms with E-state index in [0.29, 0.717) is 13.0 Å². The molecule has 0 spiro atoms. The van der Waals surface area contributed by atoms with E-state index >= 15 is 0 Å². The Morgan fingerprint density at radius 3 is 2.44 bits per heavy atom. The first-order valence-electron chi connectivity index (χ1n) is 6.10. The second-order valence-corrected chi connectivity index (χ2v) is 5.76. The zero-order valence-electron chi connectivity index (χ0n) is 10.6. The summed E-state index contributed by atoms with van der Waals surface area (Å²) in [5, 5.41) is 0. The summed E-state index contributed by atoms with van der Waals surface area (Å²) in [6.07, 6.45) is 1.30. The number of likely N-dealkylation sites (tertiary alicyclic amines) is 1. The maximum absolute atomic E-state index is 13.8. The second kappa shape index (κ2) is 4.96. The van der Waals surface area contributed by atoms with Gasteiger partial charge in [-0.3, -0.25) is 4.90 Å². The fraction of sp³-hybridized carbons (Fsp3) is 1.00. The van der Waals surface area contributed by atoms with Crippen LogP contribution >= 0.6 is 0 Å². The van der Waals surface area contributed by atoms with Gasteiger partial charge in [-0.2, -0.15) is 0 Å². The lowest BCUT2D eigenvalue weighted by atomic mass is 9.87. The fourth-order valence-electron chi connectivity index (χ4n) is 2.33. The first kappa shape index (κ1) is 13.8. The Balaban J connectivity index is 2.63. The Kier molecular flexibility index (Phi) is 4.29. The Bertz CT molecular complexity index is 224. The molecule has 0 aliphatic carbocycles. The molecule has 1 unspecified atom stereocenters. The van der Waals surface area contributed by atoms with Gasteiger partial charge in [-0.1, -0.05) is 0 Å². The van der Waals surface area contributed by atoms with Crippen molar-refractivity contribution in [1.82, 2.24) is 4.90 Å². The molecule has 1 saturated heterocycles. The van der Waals surface area contributed by atoms with Crippen molar-refractivity contribution in [2.24, 2.45) is 11.7 Å². The van der Waals surface area contributed by atoms with Gasteiger partial charge in [0.25, 0.3) is 5.92 Å². The van der Waals surface area contributed by atoms with Gasteiger partial charge in [-0.15, -0.1) is 0 Å². The third-order valence-corrected chi connectivity index (χ3v) is 3.45. The molecule has 0 aromatic rings. The molecule has 0 bridgehead atoms. The third kappa shape index (κ3) is 3.39. The maximum atomic E-state index is 13.8. The predicted molar refractivity (Wildman–Crippen MR) is 62.7 cm³/mol. The van der Waals surface area contributed by atoms with Crippen LogP contribution in [-0.2, 0) is 0 Å². The molecule has 1 rings (SSSR count). The fourth-order valence-corrected chi connectivity index (χ4v) is 2.33. The molecular weight excluding hydrogens is 210 g/mol. The van der Waals surface area contributed by atoms with Crippen LogP contribution in [0.4, 0.5) is 8.78 Å². The van der Waals surface area contributed by atoms with E-state index in [1.807, 2.05) is 0 Å². The van der Waals surface area contributed by atoms with Crippen LogP contribution in [-0.4, -0.2) is 36.0 Å². The molecule has 0 saturated carbocycles. The molecule has 2 N–H and O–H groups in total. The van der Waals surface area contributed by atoms with Crippen molar-refractivity contribution >= 4 is 0 Å². The van der Waals surface area contributed by atoms with Crippen LogP contribution in [0.1, 0.15) is 40.0 Å². The van der Waals surface area contributed by atoms with Gasteiger partial charge in [0.1, 0.15) is 0 Å². The van der Waals surface area contributed by atoms with E-state index in [1.54, 1.807) is 0 Å². The highest BCUT2D eigenvalue weighted by atomic mass is 19.3. The van der Waals surface area contributed by atoms with Gasteiger partial charge in [-0.05, 0) is 46.7 Å². The topological polar surface area (TPSA) is 29.3 Å². The molecule has 1 aliphatic rings. The highest BCUT2D eigenvalue weighted by Gasteiger charge is 2.42. The van der Waals surface area contributed by atoms with Crippen molar-refractivity contribution in [2.45, 2.75) is 51.5 Å². The maximum Gasteiger partial charge on any atom is 0.253 e. The smallest absolute Gasteiger partial charge is 0.253 e. The number of nitrogens with zero attached hydrogens (tertiary/aromatic N) is 1. The molecule has 4 heteroatoms. The molecule has 1 aliphatic heterocycles. The van der Waals surface area contributed by atoms with E-state index in [-0.39, 0.29) is 18.5 Å². The van der Waals surface area contributed by atoms with Gasteiger partial charge >= 0.3 is 0 Å². The molecule has 16 heavy (non-hydrogen) atoms. The van der Waals surface area contributed by atoms with Crippen LogP contribution in [0.25, 0.3) is 0 Å². The summed E-state index contributed by atoms with van der Waals surface area (Å²) in [6, 6.07) is 0. The molecule has 1 heterocycles. The van der Waals surface area contributed by atoms with Gasteiger partial charge in [0, 0.05) is 24.4 Å². The minimum Gasteiger partial charge on any atom is -0.330 e. The van der Waals surface area contributed by atoms with Gasteiger partial charge in [0.05, 0.1) is 0 Å². The Labute approximate surface area is 97.2 Å². The minimum atomic E-state index is -2.60. The average Bonchev–Trinajstić information content (AvgIpc) is 2.16. The van der Waals surface area contributed by atoms with E-state index in [0.717, 1.165) is 13.0 Å². The van der Waals surface area contributed by atoms with Crippen LogP contribution in [0.2, 0.25) is 0 Å². The summed E-state index contributed by atoms with van der Waals surface area (Å²) in [7, 11) is 0. The third-order valence-electron chi connectivity index (χ3n) is 3.45. The second-order valence-electron chi connectivity index (χ2n) is 5.76. The summed E-state index contributed by atoms with van der Waals surface area (Å²) >= 11 is 0. The minimum absolute atomic E-state index is 0.0164. The van der Waals surface area contributed by atoms with E-state index in [2.05, 4.69) is 25.7 Å². The zero-order chi connectivity index (χ0) is 12.4. The lowest BCUT2D eigenvalue weighted by Gasteiger charge is -2.43. The lowest BCUT2D eigenvalue weighted by Crippen LogP contribution is -2.51. The molecule has 0 radical (unpaired) electrons. The Morgan fingerprint density at radius 2 is 1.94 bits per heavy atom. The predicted octanol–water partition coefficient (Wildman–Crippen LogP) is 2.48. The molecule has 0 amide bonds. The van der Waals surface area contributed by atoms with Crippen molar-refractivity contribution < 1.29 is 8.78 Å². The molecule has 0 aromatic heterocycles. The van der Waals surface area contributed by atoms with Crippen molar-refractivity contribution in [1.29, 1.82) is 0 Å². The summed E-state index contributed by atoms with van der Waals surface area (Å²) in [6.45, 7) is 7.73. The summed E-state index contributed by atoms with van der Waals surface area (Å²) in [5.41, 5.74) is 5.23. The van der Waals surface area contributed by atoms with E-state index in [4.69, 9.17) is 5.73 Å². The molecule has 96 valence electrons. The largest absolute Gasteiger partial charge is 0.330 e. The molecule has 2 nitrogen and oxygen atoms in total. The number of hydrogen-bond acceptors (Lipinski definition) is 2.